The number of carbonyl (C=O) groups is 3. The highest BCUT2D eigenvalue weighted by atomic mass is 35.5. The summed E-state index contributed by atoms with van der Waals surface area (Å²) in [5.74, 6) is -1.07. The number of fused-ring (bicyclic) bond motifs is 1. The van der Waals surface area contributed by atoms with E-state index in [4.69, 9.17) is 16.3 Å². The maximum Gasteiger partial charge on any atom is 0.328 e. The Bertz CT molecular complexity index is 1010. The molecule has 28 heavy (non-hydrogen) atoms. The smallest absolute Gasteiger partial charge is 0.328 e. The second kappa shape index (κ2) is 9.03. The summed E-state index contributed by atoms with van der Waals surface area (Å²) in [4.78, 5) is 40.2. The molecule has 1 amide bonds. The molecule has 0 aliphatic rings. The number of methoxy groups -OCH3 is 1. The van der Waals surface area contributed by atoms with Gasteiger partial charge in [-0.15, -0.1) is 11.3 Å². The molecular formula is C20H19ClN2O4S. The Hall–Kier alpha value is -2.64. The molecule has 1 aromatic carbocycles. The number of ether oxygens (including phenoxy) is 1. The monoisotopic (exact) mass is 418 g/mol. The minimum Gasteiger partial charge on any atom is -0.467 e. The molecule has 0 saturated carbocycles. The molecule has 1 atom stereocenters. The summed E-state index contributed by atoms with van der Waals surface area (Å²) in [6, 6.07) is 10.2. The predicted octanol–water partition coefficient (Wildman–Crippen LogP) is 3.75. The van der Waals surface area contributed by atoms with Crippen molar-refractivity contribution in [1.29, 1.82) is 0 Å². The van der Waals surface area contributed by atoms with Crippen LogP contribution in [-0.4, -0.2) is 35.8 Å². The first kappa shape index (κ1) is 20.1. The number of halogens is 1. The molecule has 0 aliphatic heterocycles. The lowest BCUT2D eigenvalue weighted by atomic mass is 10.0. The Kier molecular flexibility index (Phi) is 6.49. The van der Waals surface area contributed by atoms with E-state index in [9.17, 15) is 14.4 Å². The van der Waals surface area contributed by atoms with Gasteiger partial charge in [-0.25, -0.2) is 4.79 Å². The van der Waals surface area contributed by atoms with Gasteiger partial charge in [0.2, 0.25) is 5.91 Å². The number of hydrogen-bond donors (Lipinski definition) is 2. The van der Waals surface area contributed by atoms with Crippen molar-refractivity contribution in [2.24, 2.45) is 0 Å². The molecule has 0 saturated heterocycles. The van der Waals surface area contributed by atoms with E-state index in [0.29, 0.717) is 9.21 Å². The largest absolute Gasteiger partial charge is 0.467 e. The summed E-state index contributed by atoms with van der Waals surface area (Å²) >= 11 is 7.01. The van der Waals surface area contributed by atoms with E-state index in [1.165, 1.54) is 18.4 Å². The predicted molar refractivity (Wildman–Crippen MR) is 109 cm³/mol. The minimum absolute atomic E-state index is 0.0181. The number of benzene rings is 1. The van der Waals surface area contributed by atoms with Gasteiger partial charge in [-0.05, 0) is 23.8 Å². The number of hydrogen-bond acceptors (Lipinski definition) is 5. The van der Waals surface area contributed by atoms with Gasteiger partial charge in [0.15, 0.2) is 5.78 Å². The van der Waals surface area contributed by atoms with Crippen molar-refractivity contribution >= 4 is 51.5 Å². The summed E-state index contributed by atoms with van der Waals surface area (Å²) in [5, 5.41) is 3.66. The normalized spacial score (nSPS) is 11.9. The number of Topliss-reactive ketones (excluding diaryl/α,β-unsaturated/α-hetero) is 1. The van der Waals surface area contributed by atoms with Crippen LogP contribution in [0.3, 0.4) is 0 Å². The lowest BCUT2D eigenvalue weighted by Crippen LogP contribution is -2.43. The van der Waals surface area contributed by atoms with Gasteiger partial charge in [0, 0.05) is 36.4 Å². The van der Waals surface area contributed by atoms with Gasteiger partial charge < -0.3 is 15.0 Å². The zero-order valence-corrected chi connectivity index (χ0v) is 16.7. The standard InChI is InChI=1S/C20H19ClN2O4S/c1-27-20(26)15(10-12-11-22-14-5-3-2-4-13(12)14)23-19(25)9-6-16(24)17-7-8-18(21)28-17/h2-5,7-8,11,15,22H,6,9-10H2,1H3,(H,23,25)/t15-/m1/s1. The van der Waals surface area contributed by atoms with Gasteiger partial charge in [0.1, 0.15) is 6.04 Å². The van der Waals surface area contributed by atoms with Gasteiger partial charge in [-0.2, -0.15) is 0 Å². The zero-order valence-electron chi connectivity index (χ0n) is 15.2. The first-order chi connectivity index (χ1) is 13.5. The second-order valence-corrected chi connectivity index (χ2v) is 7.95. The molecule has 0 unspecified atom stereocenters. The molecule has 2 aromatic heterocycles. The van der Waals surface area contributed by atoms with Crippen molar-refractivity contribution in [3.63, 3.8) is 0 Å². The summed E-state index contributed by atoms with van der Waals surface area (Å²) in [7, 11) is 1.28. The third-order valence-corrected chi connectivity index (χ3v) is 5.62. The van der Waals surface area contributed by atoms with Crippen molar-refractivity contribution < 1.29 is 19.1 Å². The highest BCUT2D eigenvalue weighted by Gasteiger charge is 2.23. The summed E-state index contributed by atoms with van der Waals surface area (Å²) in [6.45, 7) is 0. The van der Waals surface area contributed by atoms with Crippen LogP contribution in [0.25, 0.3) is 10.9 Å². The summed E-state index contributed by atoms with van der Waals surface area (Å²) < 4.78 is 5.35. The number of esters is 1. The van der Waals surface area contributed by atoms with Crippen LogP contribution >= 0.6 is 22.9 Å². The molecule has 3 rings (SSSR count). The number of aromatic nitrogens is 1. The number of amides is 1. The van der Waals surface area contributed by atoms with Crippen molar-refractivity contribution in [3.05, 3.63) is 57.4 Å². The summed E-state index contributed by atoms with van der Waals surface area (Å²) in [5.41, 5.74) is 1.85. The quantitative estimate of drug-likeness (QED) is 0.430. The zero-order chi connectivity index (χ0) is 20.1. The maximum atomic E-state index is 12.3. The maximum absolute atomic E-state index is 12.3. The number of para-hydroxylation sites is 1. The Morgan fingerprint density at radius 3 is 2.68 bits per heavy atom. The Morgan fingerprint density at radius 2 is 1.96 bits per heavy atom. The van der Waals surface area contributed by atoms with Gasteiger partial charge in [0.05, 0.1) is 16.3 Å². The van der Waals surface area contributed by atoms with Crippen molar-refractivity contribution in [1.82, 2.24) is 10.3 Å². The second-order valence-electron chi connectivity index (χ2n) is 6.23. The van der Waals surface area contributed by atoms with Gasteiger partial charge in [-0.1, -0.05) is 29.8 Å². The van der Waals surface area contributed by atoms with E-state index in [-0.39, 0.29) is 31.0 Å². The first-order valence-electron chi connectivity index (χ1n) is 8.68. The molecule has 146 valence electrons. The number of ketones is 1. The average Bonchev–Trinajstić information content (AvgIpc) is 3.31. The number of aromatic amines is 1. The molecule has 0 radical (unpaired) electrons. The van der Waals surface area contributed by atoms with Crippen LogP contribution in [0.5, 0.6) is 0 Å². The van der Waals surface area contributed by atoms with Crippen LogP contribution in [0.1, 0.15) is 28.1 Å². The molecule has 2 N–H and O–H groups in total. The fourth-order valence-corrected chi connectivity index (χ4v) is 3.95. The third kappa shape index (κ3) is 4.79. The number of thiophene rings is 1. The number of H-pyrrole nitrogens is 1. The van der Waals surface area contributed by atoms with Gasteiger partial charge in [0.25, 0.3) is 0 Å². The van der Waals surface area contributed by atoms with Crippen LogP contribution in [0.15, 0.2) is 42.6 Å². The molecule has 6 nitrogen and oxygen atoms in total. The number of carbonyl (C=O) groups excluding carboxylic acids is 3. The molecule has 8 heteroatoms. The Morgan fingerprint density at radius 1 is 1.18 bits per heavy atom. The molecule has 0 spiro atoms. The van der Waals surface area contributed by atoms with Crippen LogP contribution < -0.4 is 5.32 Å². The highest BCUT2D eigenvalue weighted by Crippen LogP contribution is 2.23. The Balaban J connectivity index is 1.62. The third-order valence-electron chi connectivity index (χ3n) is 4.35. The Labute approximate surface area is 170 Å². The molecular weight excluding hydrogens is 400 g/mol. The van der Waals surface area contributed by atoms with Crippen molar-refractivity contribution in [3.8, 4) is 0 Å². The highest BCUT2D eigenvalue weighted by molar-refractivity contribution is 7.18. The van der Waals surface area contributed by atoms with E-state index in [2.05, 4.69) is 10.3 Å². The van der Waals surface area contributed by atoms with E-state index in [1.54, 1.807) is 12.1 Å². The SMILES string of the molecule is COC(=O)[C@@H](Cc1c[nH]c2ccccc12)NC(=O)CCC(=O)c1ccc(Cl)s1. The fourth-order valence-electron chi connectivity index (χ4n) is 2.94. The topological polar surface area (TPSA) is 88.3 Å². The number of rotatable bonds is 8. The molecule has 2 heterocycles. The average molecular weight is 419 g/mol. The number of nitrogens with one attached hydrogen (secondary N) is 2. The first-order valence-corrected chi connectivity index (χ1v) is 9.88. The van der Waals surface area contributed by atoms with Crippen LogP contribution in [-0.2, 0) is 20.7 Å². The summed E-state index contributed by atoms with van der Waals surface area (Å²) in [6.07, 6.45) is 2.13. The van der Waals surface area contributed by atoms with Crippen molar-refractivity contribution in [2.75, 3.05) is 7.11 Å². The van der Waals surface area contributed by atoms with Crippen LogP contribution in [0.2, 0.25) is 4.34 Å². The molecule has 0 fully saturated rings. The lowest BCUT2D eigenvalue weighted by Gasteiger charge is -2.16. The molecule has 0 bridgehead atoms. The van der Waals surface area contributed by atoms with E-state index in [0.717, 1.165) is 16.5 Å². The minimum atomic E-state index is -0.831. The van der Waals surface area contributed by atoms with Crippen LogP contribution in [0, 0.1) is 0 Å². The van der Waals surface area contributed by atoms with Gasteiger partial charge >= 0.3 is 5.97 Å². The molecule has 0 aliphatic carbocycles. The van der Waals surface area contributed by atoms with E-state index in [1.807, 2.05) is 30.5 Å². The molecule has 3 aromatic rings. The van der Waals surface area contributed by atoms with Crippen LogP contribution in [0.4, 0.5) is 0 Å². The van der Waals surface area contributed by atoms with Crippen molar-refractivity contribution in [2.45, 2.75) is 25.3 Å². The van der Waals surface area contributed by atoms with Gasteiger partial charge in [-0.3, -0.25) is 9.59 Å². The lowest BCUT2D eigenvalue weighted by molar-refractivity contribution is -0.145. The van der Waals surface area contributed by atoms with E-state index >= 15 is 0 Å². The van der Waals surface area contributed by atoms with E-state index < -0.39 is 12.0 Å². The fraction of sp³-hybridized carbons (Fsp3) is 0.250.